The molecule has 0 N–H and O–H groups in total. The maximum Gasteiger partial charge on any atom is 0.272 e. The first kappa shape index (κ1) is 14.4. The molecular weight excluding hydrogens is 230 g/mol. The number of carbonyl (C=O) groups is 1. The molecule has 18 heavy (non-hydrogen) atoms. The average Bonchev–Trinajstić information content (AvgIpc) is 2.28. The van der Waals surface area contributed by atoms with Gasteiger partial charge in [-0.15, -0.1) is 0 Å². The summed E-state index contributed by atoms with van der Waals surface area (Å²) in [5, 5.41) is 10.8. The van der Waals surface area contributed by atoms with E-state index in [1.54, 1.807) is 18.2 Å². The van der Waals surface area contributed by atoms with E-state index in [-0.39, 0.29) is 16.4 Å². The molecule has 0 saturated carbocycles. The fourth-order valence-corrected chi connectivity index (χ4v) is 1.93. The van der Waals surface area contributed by atoms with Crippen LogP contribution in [0, 0.1) is 16.0 Å². The molecular formula is C14H19NO3. The number of hydrogen-bond acceptors (Lipinski definition) is 3. The molecule has 4 nitrogen and oxygen atoms in total. The van der Waals surface area contributed by atoms with Gasteiger partial charge in [0.1, 0.15) is 5.78 Å². The molecule has 1 aromatic carbocycles. The van der Waals surface area contributed by atoms with Gasteiger partial charge in [-0.3, -0.25) is 14.9 Å². The normalized spacial score (nSPS) is 10.6. The highest BCUT2D eigenvalue weighted by molar-refractivity contribution is 5.78. The lowest BCUT2D eigenvalue weighted by Gasteiger charge is -2.04. The van der Waals surface area contributed by atoms with E-state index in [1.807, 2.05) is 13.8 Å². The van der Waals surface area contributed by atoms with Crippen molar-refractivity contribution in [3.8, 4) is 0 Å². The Morgan fingerprint density at radius 1 is 1.33 bits per heavy atom. The standard InChI is InChI=1S/C14H19NO3/c1-11(2)10-13(16)8-5-7-12-6-3-4-9-14(12)15(17)18/h3-4,6,9,11H,5,7-8,10H2,1-2H3. The number of carbonyl (C=O) groups excluding carboxylic acids is 1. The molecule has 0 bridgehead atoms. The van der Waals surface area contributed by atoms with E-state index in [2.05, 4.69) is 0 Å². The Morgan fingerprint density at radius 3 is 2.61 bits per heavy atom. The van der Waals surface area contributed by atoms with Gasteiger partial charge < -0.3 is 0 Å². The first-order chi connectivity index (χ1) is 8.50. The van der Waals surface area contributed by atoms with Gasteiger partial charge >= 0.3 is 0 Å². The number of nitro groups is 1. The van der Waals surface area contributed by atoms with Crippen LogP contribution in [0.15, 0.2) is 24.3 Å². The quantitative estimate of drug-likeness (QED) is 0.548. The van der Waals surface area contributed by atoms with E-state index in [4.69, 9.17) is 0 Å². The van der Waals surface area contributed by atoms with Crippen LogP contribution in [0.1, 0.15) is 38.7 Å². The second-order valence-electron chi connectivity index (χ2n) is 4.88. The Labute approximate surface area is 107 Å². The topological polar surface area (TPSA) is 60.2 Å². The van der Waals surface area contributed by atoms with Crippen molar-refractivity contribution in [2.75, 3.05) is 0 Å². The highest BCUT2D eigenvalue weighted by Gasteiger charge is 2.12. The molecule has 0 aliphatic rings. The van der Waals surface area contributed by atoms with Crippen LogP contribution in [0.25, 0.3) is 0 Å². The van der Waals surface area contributed by atoms with E-state index in [9.17, 15) is 14.9 Å². The van der Waals surface area contributed by atoms with E-state index in [1.165, 1.54) is 6.07 Å². The van der Waals surface area contributed by atoms with Crippen molar-refractivity contribution in [1.29, 1.82) is 0 Å². The SMILES string of the molecule is CC(C)CC(=O)CCCc1ccccc1[N+](=O)[O-]. The zero-order valence-corrected chi connectivity index (χ0v) is 10.9. The summed E-state index contributed by atoms with van der Waals surface area (Å²) in [5.74, 6) is 0.618. The molecule has 0 spiro atoms. The van der Waals surface area contributed by atoms with Crippen LogP contribution in [0.4, 0.5) is 5.69 Å². The summed E-state index contributed by atoms with van der Waals surface area (Å²) in [7, 11) is 0. The van der Waals surface area contributed by atoms with Gasteiger partial charge in [-0.2, -0.15) is 0 Å². The zero-order valence-electron chi connectivity index (χ0n) is 10.9. The Bertz CT molecular complexity index is 427. The lowest BCUT2D eigenvalue weighted by Crippen LogP contribution is -2.03. The van der Waals surface area contributed by atoms with E-state index in [0.717, 1.165) is 0 Å². The first-order valence-corrected chi connectivity index (χ1v) is 6.24. The number of Topliss-reactive ketones (excluding diaryl/α,β-unsaturated/α-hetero) is 1. The third kappa shape index (κ3) is 4.65. The zero-order chi connectivity index (χ0) is 13.5. The Balaban J connectivity index is 2.49. The van der Waals surface area contributed by atoms with Gasteiger partial charge in [0, 0.05) is 24.5 Å². The largest absolute Gasteiger partial charge is 0.300 e. The van der Waals surface area contributed by atoms with Crippen LogP contribution >= 0.6 is 0 Å². The molecule has 0 heterocycles. The summed E-state index contributed by atoms with van der Waals surface area (Å²) < 4.78 is 0. The van der Waals surface area contributed by atoms with Gasteiger partial charge in [-0.05, 0) is 18.8 Å². The van der Waals surface area contributed by atoms with Gasteiger partial charge in [0.05, 0.1) is 4.92 Å². The number of aryl methyl sites for hydroxylation is 1. The molecule has 98 valence electrons. The van der Waals surface area contributed by atoms with Crippen molar-refractivity contribution in [2.45, 2.75) is 39.5 Å². The molecule has 1 rings (SSSR count). The minimum Gasteiger partial charge on any atom is -0.300 e. The van der Waals surface area contributed by atoms with E-state index < -0.39 is 0 Å². The monoisotopic (exact) mass is 249 g/mol. The summed E-state index contributed by atoms with van der Waals surface area (Å²) in [5.41, 5.74) is 0.855. The third-order valence-corrected chi connectivity index (χ3v) is 2.73. The summed E-state index contributed by atoms with van der Waals surface area (Å²) >= 11 is 0. The maximum absolute atomic E-state index is 11.5. The molecule has 0 saturated heterocycles. The minimum atomic E-state index is -0.370. The summed E-state index contributed by atoms with van der Waals surface area (Å²) in [6.07, 6.45) is 2.36. The van der Waals surface area contributed by atoms with Gasteiger partial charge in [0.25, 0.3) is 5.69 Å². The van der Waals surface area contributed by atoms with Crippen molar-refractivity contribution in [3.05, 3.63) is 39.9 Å². The lowest BCUT2D eigenvalue weighted by molar-refractivity contribution is -0.385. The van der Waals surface area contributed by atoms with Crippen LogP contribution in [0.2, 0.25) is 0 Å². The molecule has 0 fully saturated rings. The van der Waals surface area contributed by atoms with Crippen LogP contribution in [0.3, 0.4) is 0 Å². The van der Waals surface area contributed by atoms with Crippen molar-refractivity contribution < 1.29 is 9.72 Å². The van der Waals surface area contributed by atoms with Crippen molar-refractivity contribution >= 4 is 11.5 Å². The molecule has 0 atom stereocenters. The smallest absolute Gasteiger partial charge is 0.272 e. The number of nitrogens with zero attached hydrogens (tertiary/aromatic N) is 1. The number of benzene rings is 1. The predicted octanol–water partition coefficient (Wildman–Crippen LogP) is 3.53. The second-order valence-corrected chi connectivity index (χ2v) is 4.88. The highest BCUT2D eigenvalue weighted by atomic mass is 16.6. The van der Waals surface area contributed by atoms with Crippen molar-refractivity contribution in [1.82, 2.24) is 0 Å². The Hall–Kier alpha value is -1.71. The summed E-state index contributed by atoms with van der Waals surface area (Å²) in [4.78, 5) is 22.0. The minimum absolute atomic E-state index is 0.147. The molecule has 0 radical (unpaired) electrons. The molecule has 0 aromatic heterocycles. The van der Waals surface area contributed by atoms with Crippen LogP contribution in [-0.2, 0) is 11.2 Å². The number of para-hydroxylation sites is 1. The Morgan fingerprint density at radius 2 is 2.00 bits per heavy atom. The van der Waals surface area contributed by atoms with Crippen molar-refractivity contribution in [2.24, 2.45) is 5.92 Å². The lowest BCUT2D eigenvalue weighted by atomic mass is 10.0. The third-order valence-electron chi connectivity index (χ3n) is 2.73. The van der Waals surface area contributed by atoms with E-state index in [0.29, 0.717) is 37.2 Å². The van der Waals surface area contributed by atoms with Gasteiger partial charge in [-0.1, -0.05) is 32.0 Å². The summed E-state index contributed by atoms with van der Waals surface area (Å²) in [6, 6.07) is 6.71. The molecule has 4 heteroatoms. The molecule has 1 aromatic rings. The Kier molecular flexibility index (Phi) is 5.49. The molecule has 0 amide bonds. The van der Waals surface area contributed by atoms with Crippen LogP contribution in [-0.4, -0.2) is 10.7 Å². The molecule has 0 aliphatic heterocycles. The molecule has 0 unspecified atom stereocenters. The van der Waals surface area contributed by atoms with Crippen LogP contribution in [0.5, 0.6) is 0 Å². The number of rotatable bonds is 7. The number of nitro benzene ring substituents is 1. The predicted molar refractivity (Wildman–Crippen MR) is 70.5 cm³/mol. The van der Waals surface area contributed by atoms with Crippen molar-refractivity contribution in [3.63, 3.8) is 0 Å². The van der Waals surface area contributed by atoms with Crippen LogP contribution < -0.4 is 0 Å². The highest BCUT2D eigenvalue weighted by Crippen LogP contribution is 2.20. The first-order valence-electron chi connectivity index (χ1n) is 6.24. The maximum atomic E-state index is 11.5. The average molecular weight is 249 g/mol. The number of ketones is 1. The second kappa shape index (κ2) is 6.89. The molecule has 0 aliphatic carbocycles. The van der Waals surface area contributed by atoms with E-state index >= 15 is 0 Å². The fraction of sp³-hybridized carbons (Fsp3) is 0.500. The van der Waals surface area contributed by atoms with Gasteiger partial charge in [-0.25, -0.2) is 0 Å². The summed E-state index contributed by atoms with van der Waals surface area (Å²) in [6.45, 7) is 4.03. The van der Waals surface area contributed by atoms with Gasteiger partial charge in [0.2, 0.25) is 0 Å². The fourth-order valence-electron chi connectivity index (χ4n) is 1.93. The van der Waals surface area contributed by atoms with Gasteiger partial charge in [0.15, 0.2) is 0 Å². The number of hydrogen-bond donors (Lipinski definition) is 0.